The summed E-state index contributed by atoms with van der Waals surface area (Å²) in [6, 6.07) is 0.494. The van der Waals surface area contributed by atoms with Crippen LogP contribution in [0, 0.1) is 0 Å². The van der Waals surface area contributed by atoms with Gasteiger partial charge in [0.2, 0.25) is 5.89 Å². The lowest BCUT2D eigenvalue weighted by Crippen LogP contribution is -2.34. The highest BCUT2D eigenvalue weighted by Gasteiger charge is 2.29. The van der Waals surface area contributed by atoms with Gasteiger partial charge in [0.25, 0.3) is 0 Å². The minimum Gasteiger partial charge on any atom is -0.339 e. The Morgan fingerprint density at radius 1 is 1.29 bits per heavy atom. The van der Waals surface area contributed by atoms with Crippen molar-refractivity contribution in [3.63, 3.8) is 0 Å². The summed E-state index contributed by atoms with van der Waals surface area (Å²) in [5, 5.41) is 8.45. The molecule has 1 saturated carbocycles. The molecule has 0 spiro atoms. The Hall–Kier alpha value is -0.550. The highest BCUT2D eigenvalue weighted by Crippen LogP contribution is 2.31. The maximum absolute atomic E-state index is 5.59. The van der Waals surface area contributed by atoms with Gasteiger partial charge >= 0.3 is 0 Å². The van der Waals surface area contributed by atoms with Crippen molar-refractivity contribution in [1.82, 2.24) is 15.5 Å². The van der Waals surface area contributed by atoms with E-state index in [-0.39, 0.29) is 0 Å². The molecule has 1 heterocycles. The maximum atomic E-state index is 5.59. The molecule has 1 aliphatic rings. The number of hydrogen-bond donors (Lipinski definition) is 1. The summed E-state index contributed by atoms with van der Waals surface area (Å²) in [7, 11) is 0. The Morgan fingerprint density at radius 2 is 2.10 bits per heavy atom. The Morgan fingerprint density at radius 3 is 2.86 bits per heavy atom. The quantitative estimate of drug-likeness (QED) is 0.767. The molecular weight excluding hydrogens is 282 g/mol. The van der Waals surface area contributed by atoms with Gasteiger partial charge in [-0.2, -0.15) is 16.7 Å². The predicted octanol–water partition coefficient (Wildman–Crippen LogP) is 4.13. The first kappa shape index (κ1) is 16.8. The van der Waals surface area contributed by atoms with Gasteiger partial charge in [-0.15, -0.1) is 0 Å². The molecule has 1 aromatic rings. The molecule has 120 valence electrons. The largest absolute Gasteiger partial charge is 0.339 e. The summed E-state index contributed by atoms with van der Waals surface area (Å²) in [6.45, 7) is 7.64. The smallest absolute Gasteiger partial charge is 0.231 e. The number of nitrogens with one attached hydrogen (secondary N) is 1. The van der Waals surface area contributed by atoms with Gasteiger partial charge in [0.1, 0.15) is 0 Å². The third-order valence-electron chi connectivity index (χ3n) is 4.36. The molecule has 0 saturated heterocycles. The van der Waals surface area contributed by atoms with Gasteiger partial charge in [-0.1, -0.05) is 45.2 Å². The lowest BCUT2D eigenvalue weighted by molar-refractivity contribution is 0.304. The number of rotatable bonds is 7. The van der Waals surface area contributed by atoms with Crippen molar-refractivity contribution in [2.45, 2.75) is 82.3 Å². The van der Waals surface area contributed by atoms with Crippen molar-refractivity contribution in [2.75, 3.05) is 6.54 Å². The zero-order valence-corrected chi connectivity index (χ0v) is 14.4. The van der Waals surface area contributed by atoms with Crippen LogP contribution in [0.25, 0.3) is 0 Å². The zero-order valence-electron chi connectivity index (χ0n) is 13.6. The van der Waals surface area contributed by atoms with Crippen LogP contribution in [-0.2, 0) is 5.75 Å². The molecule has 1 aromatic heterocycles. The van der Waals surface area contributed by atoms with Crippen molar-refractivity contribution >= 4 is 11.8 Å². The molecule has 2 rings (SSSR count). The second-order valence-electron chi connectivity index (χ2n) is 5.99. The first-order chi connectivity index (χ1) is 10.2. The van der Waals surface area contributed by atoms with Gasteiger partial charge in [-0.3, -0.25) is 0 Å². The fourth-order valence-electron chi connectivity index (χ4n) is 2.92. The molecular formula is C16H29N3OS. The predicted molar refractivity (Wildman–Crippen MR) is 88.6 cm³/mol. The molecule has 1 fully saturated rings. The van der Waals surface area contributed by atoms with E-state index in [1.54, 1.807) is 0 Å². The number of aromatic nitrogens is 2. The second kappa shape index (κ2) is 8.79. The second-order valence-corrected chi connectivity index (χ2v) is 7.41. The van der Waals surface area contributed by atoms with E-state index in [0.717, 1.165) is 30.4 Å². The first-order valence-corrected chi connectivity index (χ1v) is 9.46. The van der Waals surface area contributed by atoms with Crippen molar-refractivity contribution < 1.29 is 4.52 Å². The van der Waals surface area contributed by atoms with Crippen molar-refractivity contribution in [1.29, 1.82) is 0 Å². The number of likely N-dealkylation sites (N-methyl/N-ethyl adjacent to an activating group) is 1. The molecule has 0 aromatic carbocycles. The molecule has 1 aliphatic carbocycles. The van der Waals surface area contributed by atoms with Crippen LogP contribution in [0.3, 0.4) is 0 Å². The van der Waals surface area contributed by atoms with E-state index in [1.807, 2.05) is 11.8 Å². The standard InChI is InChI=1S/C16H29N3OS/c1-4-12(3)21-11-15-18-16(20-19-15)13-9-7-6-8-10-14(13)17-5-2/h12-14,17H,4-11H2,1-3H3. The molecule has 21 heavy (non-hydrogen) atoms. The topological polar surface area (TPSA) is 51.0 Å². The van der Waals surface area contributed by atoms with Gasteiger partial charge in [0, 0.05) is 11.3 Å². The van der Waals surface area contributed by atoms with Crippen LogP contribution in [-0.4, -0.2) is 28.0 Å². The van der Waals surface area contributed by atoms with Crippen LogP contribution in [0.4, 0.5) is 0 Å². The average molecular weight is 311 g/mol. The molecule has 1 N–H and O–H groups in total. The molecule has 4 nitrogen and oxygen atoms in total. The first-order valence-electron chi connectivity index (χ1n) is 8.42. The number of nitrogens with zero attached hydrogens (tertiary/aromatic N) is 2. The Kier molecular flexibility index (Phi) is 7.04. The number of hydrogen-bond acceptors (Lipinski definition) is 5. The van der Waals surface area contributed by atoms with Crippen molar-refractivity contribution in [3.05, 3.63) is 11.7 Å². The van der Waals surface area contributed by atoms with E-state index in [0.29, 0.717) is 17.2 Å². The van der Waals surface area contributed by atoms with Crippen molar-refractivity contribution in [2.24, 2.45) is 0 Å². The highest BCUT2D eigenvalue weighted by molar-refractivity contribution is 7.99. The summed E-state index contributed by atoms with van der Waals surface area (Å²) in [5.41, 5.74) is 0. The summed E-state index contributed by atoms with van der Waals surface area (Å²) in [5.74, 6) is 2.96. The zero-order chi connectivity index (χ0) is 15.1. The average Bonchev–Trinajstić information content (AvgIpc) is 2.84. The summed E-state index contributed by atoms with van der Waals surface area (Å²) in [4.78, 5) is 4.68. The summed E-state index contributed by atoms with van der Waals surface area (Å²) in [6.07, 6.45) is 7.46. The fraction of sp³-hybridized carbons (Fsp3) is 0.875. The van der Waals surface area contributed by atoms with Crippen LogP contribution in [0.1, 0.15) is 76.9 Å². The maximum Gasteiger partial charge on any atom is 0.231 e. The van der Waals surface area contributed by atoms with Gasteiger partial charge in [-0.25, -0.2) is 0 Å². The van der Waals surface area contributed by atoms with Gasteiger partial charge in [0.05, 0.1) is 11.7 Å². The van der Waals surface area contributed by atoms with Crippen LogP contribution < -0.4 is 5.32 Å². The van der Waals surface area contributed by atoms with Crippen LogP contribution >= 0.6 is 11.8 Å². The van der Waals surface area contributed by atoms with E-state index in [2.05, 4.69) is 36.2 Å². The molecule has 3 unspecified atom stereocenters. The van der Waals surface area contributed by atoms with E-state index in [4.69, 9.17) is 4.52 Å². The normalized spacial score (nSPS) is 24.7. The molecule has 5 heteroatoms. The van der Waals surface area contributed by atoms with Gasteiger partial charge in [-0.05, 0) is 25.8 Å². The van der Waals surface area contributed by atoms with E-state index in [1.165, 1.54) is 32.1 Å². The Balaban J connectivity index is 1.99. The minimum atomic E-state index is 0.391. The van der Waals surface area contributed by atoms with Crippen LogP contribution in [0.2, 0.25) is 0 Å². The minimum absolute atomic E-state index is 0.391. The molecule has 0 radical (unpaired) electrons. The number of thioether (sulfide) groups is 1. The van der Waals surface area contributed by atoms with Crippen LogP contribution in [0.15, 0.2) is 4.52 Å². The van der Waals surface area contributed by atoms with Crippen molar-refractivity contribution in [3.8, 4) is 0 Å². The SMILES string of the molecule is CCNC1CCCCCC1c1nc(CSC(C)CC)no1. The lowest BCUT2D eigenvalue weighted by atomic mass is 9.94. The summed E-state index contributed by atoms with van der Waals surface area (Å²) >= 11 is 1.90. The third kappa shape index (κ3) is 4.99. The molecule has 3 atom stereocenters. The van der Waals surface area contributed by atoms with Gasteiger partial charge < -0.3 is 9.84 Å². The lowest BCUT2D eigenvalue weighted by Gasteiger charge is -2.22. The Labute approximate surface area is 132 Å². The van der Waals surface area contributed by atoms with Crippen LogP contribution in [0.5, 0.6) is 0 Å². The molecule has 0 aliphatic heterocycles. The van der Waals surface area contributed by atoms with E-state index >= 15 is 0 Å². The van der Waals surface area contributed by atoms with E-state index in [9.17, 15) is 0 Å². The summed E-state index contributed by atoms with van der Waals surface area (Å²) < 4.78 is 5.59. The van der Waals surface area contributed by atoms with Gasteiger partial charge in [0.15, 0.2) is 5.82 Å². The van der Waals surface area contributed by atoms with E-state index < -0.39 is 0 Å². The third-order valence-corrected chi connectivity index (χ3v) is 5.68. The highest BCUT2D eigenvalue weighted by atomic mass is 32.2. The fourth-order valence-corrected chi connectivity index (χ4v) is 3.71. The Bertz CT molecular complexity index is 410. The monoisotopic (exact) mass is 311 g/mol. The molecule has 0 bridgehead atoms. The molecule has 0 amide bonds.